The lowest BCUT2D eigenvalue weighted by Crippen LogP contribution is -2.12. The second-order valence-electron chi connectivity index (χ2n) is 5.72. The van der Waals surface area contributed by atoms with Gasteiger partial charge in [-0.1, -0.05) is 56.5 Å². The lowest BCUT2D eigenvalue weighted by molar-refractivity contribution is -0.107. The number of hydrogen-bond acceptors (Lipinski definition) is 3. The minimum absolute atomic E-state index is 0.0439. The van der Waals surface area contributed by atoms with Gasteiger partial charge < -0.3 is 14.2 Å². The third kappa shape index (κ3) is 8.52. The van der Waals surface area contributed by atoms with Gasteiger partial charge in [-0.2, -0.15) is 0 Å². The van der Waals surface area contributed by atoms with E-state index < -0.39 is 0 Å². The highest BCUT2D eigenvalue weighted by molar-refractivity contribution is 5.13. The van der Waals surface area contributed by atoms with Gasteiger partial charge in [0.25, 0.3) is 0 Å². The van der Waals surface area contributed by atoms with E-state index in [0.29, 0.717) is 6.10 Å². The van der Waals surface area contributed by atoms with E-state index in [1.165, 1.54) is 24.8 Å². The van der Waals surface area contributed by atoms with E-state index in [9.17, 15) is 0 Å². The van der Waals surface area contributed by atoms with Crippen LogP contribution in [0.2, 0.25) is 0 Å². The van der Waals surface area contributed by atoms with Gasteiger partial charge in [0.2, 0.25) is 0 Å². The van der Waals surface area contributed by atoms with Gasteiger partial charge in [0.05, 0.1) is 12.7 Å². The number of ether oxygens (including phenoxy) is 3. The molecule has 126 valence electrons. The van der Waals surface area contributed by atoms with Crippen LogP contribution in [0.15, 0.2) is 30.3 Å². The summed E-state index contributed by atoms with van der Waals surface area (Å²) in [6.07, 6.45) is 8.44. The smallest absolute Gasteiger partial charge is 0.156 e. The van der Waals surface area contributed by atoms with Crippen molar-refractivity contribution < 1.29 is 14.2 Å². The Morgan fingerprint density at radius 3 is 2.09 bits per heavy atom. The largest absolute Gasteiger partial charge is 0.374 e. The standard InChI is InChI=1S/C19H32O3/c1-4-18(22-16-17-12-8-7-9-13-17)14-10-5-6-11-15-19(20-2)21-3/h7-9,12-13,18-19H,4-6,10-11,14-16H2,1-3H3. The van der Waals surface area contributed by atoms with Crippen LogP contribution >= 0.6 is 0 Å². The Labute approximate surface area is 136 Å². The van der Waals surface area contributed by atoms with Gasteiger partial charge >= 0.3 is 0 Å². The molecule has 0 aliphatic heterocycles. The van der Waals surface area contributed by atoms with Crippen molar-refractivity contribution in [2.45, 2.75) is 70.9 Å². The Hall–Kier alpha value is -0.900. The van der Waals surface area contributed by atoms with Crippen LogP contribution in [0.5, 0.6) is 0 Å². The molecule has 0 radical (unpaired) electrons. The summed E-state index contributed by atoms with van der Waals surface area (Å²) >= 11 is 0. The van der Waals surface area contributed by atoms with E-state index >= 15 is 0 Å². The molecule has 3 heteroatoms. The van der Waals surface area contributed by atoms with Crippen LogP contribution < -0.4 is 0 Å². The number of hydrogen-bond donors (Lipinski definition) is 0. The number of unbranched alkanes of at least 4 members (excludes halogenated alkanes) is 3. The predicted octanol–water partition coefficient (Wildman–Crippen LogP) is 4.94. The monoisotopic (exact) mass is 308 g/mol. The minimum Gasteiger partial charge on any atom is -0.374 e. The third-order valence-corrected chi connectivity index (χ3v) is 4.03. The Morgan fingerprint density at radius 2 is 1.50 bits per heavy atom. The topological polar surface area (TPSA) is 27.7 Å². The maximum absolute atomic E-state index is 6.02. The van der Waals surface area contributed by atoms with Crippen LogP contribution in [0.1, 0.15) is 57.4 Å². The highest BCUT2D eigenvalue weighted by Crippen LogP contribution is 2.15. The average Bonchev–Trinajstić information content (AvgIpc) is 2.58. The zero-order valence-electron chi connectivity index (χ0n) is 14.4. The first-order valence-electron chi connectivity index (χ1n) is 8.51. The molecule has 0 aromatic heterocycles. The van der Waals surface area contributed by atoms with E-state index in [4.69, 9.17) is 14.2 Å². The second kappa shape index (κ2) is 12.6. The molecule has 3 nitrogen and oxygen atoms in total. The van der Waals surface area contributed by atoms with Crippen LogP contribution in [-0.2, 0) is 20.8 Å². The van der Waals surface area contributed by atoms with Gasteiger partial charge in [0, 0.05) is 14.2 Å². The first-order chi connectivity index (χ1) is 10.8. The van der Waals surface area contributed by atoms with Gasteiger partial charge in [-0.05, 0) is 31.2 Å². The number of rotatable bonds is 13. The van der Waals surface area contributed by atoms with E-state index in [2.05, 4.69) is 31.2 Å². The van der Waals surface area contributed by atoms with Crippen LogP contribution in [0, 0.1) is 0 Å². The lowest BCUT2D eigenvalue weighted by atomic mass is 10.1. The summed E-state index contributed by atoms with van der Waals surface area (Å²) in [6, 6.07) is 10.4. The molecule has 1 atom stereocenters. The zero-order valence-corrected chi connectivity index (χ0v) is 14.4. The Balaban J connectivity index is 2.06. The predicted molar refractivity (Wildman–Crippen MR) is 90.8 cm³/mol. The van der Waals surface area contributed by atoms with Crippen LogP contribution in [0.4, 0.5) is 0 Å². The molecule has 22 heavy (non-hydrogen) atoms. The summed E-state index contributed by atoms with van der Waals surface area (Å²) in [4.78, 5) is 0. The normalized spacial score (nSPS) is 12.7. The molecule has 0 amide bonds. The molecule has 0 N–H and O–H groups in total. The molecule has 1 rings (SSSR count). The Bertz CT molecular complexity index is 349. The summed E-state index contributed by atoms with van der Waals surface area (Å²) in [7, 11) is 3.40. The van der Waals surface area contributed by atoms with Crippen molar-refractivity contribution in [3.05, 3.63) is 35.9 Å². The summed E-state index contributed by atoms with van der Waals surface area (Å²) < 4.78 is 16.4. The maximum atomic E-state index is 6.02. The van der Waals surface area contributed by atoms with Gasteiger partial charge in [0.15, 0.2) is 6.29 Å². The van der Waals surface area contributed by atoms with Gasteiger partial charge in [-0.25, -0.2) is 0 Å². The minimum atomic E-state index is -0.0439. The van der Waals surface area contributed by atoms with E-state index in [1.54, 1.807) is 14.2 Å². The summed E-state index contributed by atoms with van der Waals surface area (Å²) in [5, 5.41) is 0. The summed E-state index contributed by atoms with van der Waals surface area (Å²) in [6.45, 7) is 2.93. The maximum Gasteiger partial charge on any atom is 0.156 e. The fraction of sp³-hybridized carbons (Fsp3) is 0.684. The molecule has 0 saturated heterocycles. The fourth-order valence-electron chi connectivity index (χ4n) is 2.56. The molecule has 1 unspecified atom stereocenters. The summed E-state index contributed by atoms with van der Waals surface area (Å²) in [5.41, 5.74) is 1.26. The van der Waals surface area contributed by atoms with E-state index in [0.717, 1.165) is 32.3 Å². The summed E-state index contributed by atoms with van der Waals surface area (Å²) in [5.74, 6) is 0. The number of methoxy groups -OCH3 is 2. The molecule has 0 heterocycles. The molecule has 0 fully saturated rings. The van der Waals surface area contributed by atoms with Crippen molar-refractivity contribution in [2.75, 3.05) is 14.2 Å². The molecular weight excluding hydrogens is 276 g/mol. The highest BCUT2D eigenvalue weighted by Gasteiger charge is 2.07. The molecule has 0 spiro atoms. The quantitative estimate of drug-likeness (QED) is 0.381. The molecule has 0 aliphatic rings. The van der Waals surface area contributed by atoms with Gasteiger partial charge in [-0.3, -0.25) is 0 Å². The first kappa shape index (κ1) is 19.1. The number of benzene rings is 1. The van der Waals surface area contributed by atoms with Crippen molar-refractivity contribution in [1.29, 1.82) is 0 Å². The molecule has 1 aromatic carbocycles. The van der Waals surface area contributed by atoms with Crippen molar-refractivity contribution >= 4 is 0 Å². The highest BCUT2D eigenvalue weighted by atomic mass is 16.7. The fourth-order valence-corrected chi connectivity index (χ4v) is 2.56. The van der Waals surface area contributed by atoms with Crippen molar-refractivity contribution in [1.82, 2.24) is 0 Å². The second-order valence-corrected chi connectivity index (χ2v) is 5.72. The van der Waals surface area contributed by atoms with Crippen LogP contribution in [0.25, 0.3) is 0 Å². The van der Waals surface area contributed by atoms with E-state index in [1.807, 2.05) is 6.07 Å². The molecule has 0 aliphatic carbocycles. The third-order valence-electron chi connectivity index (χ3n) is 4.03. The zero-order chi connectivity index (χ0) is 16.0. The van der Waals surface area contributed by atoms with Crippen molar-refractivity contribution in [2.24, 2.45) is 0 Å². The molecular formula is C19H32O3. The first-order valence-corrected chi connectivity index (χ1v) is 8.51. The molecule has 1 aromatic rings. The lowest BCUT2D eigenvalue weighted by Gasteiger charge is -2.16. The van der Waals surface area contributed by atoms with Crippen LogP contribution in [-0.4, -0.2) is 26.6 Å². The SMILES string of the molecule is CCC(CCCCCCC(OC)OC)OCc1ccccc1. The van der Waals surface area contributed by atoms with Crippen molar-refractivity contribution in [3.63, 3.8) is 0 Å². The average molecular weight is 308 g/mol. The Morgan fingerprint density at radius 1 is 0.864 bits per heavy atom. The van der Waals surface area contributed by atoms with Gasteiger partial charge in [0.1, 0.15) is 0 Å². The molecule has 0 bridgehead atoms. The Kier molecular flexibility index (Phi) is 11.0. The van der Waals surface area contributed by atoms with Crippen LogP contribution in [0.3, 0.4) is 0 Å². The van der Waals surface area contributed by atoms with Gasteiger partial charge in [-0.15, -0.1) is 0 Å². The van der Waals surface area contributed by atoms with Crippen molar-refractivity contribution in [3.8, 4) is 0 Å². The van der Waals surface area contributed by atoms with E-state index in [-0.39, 0.29) is 6.29 Å². The molecule has 0 saturated carbocycles.